The number of fused-ring (bicyclic) bond motifs is 1. The predicted molar refractivity (Wildman–Crippen MR) is 82.9 cm³/mol. The quantitative estimate of drug-likeness (QED) is 0.859. The van der Waals surface area contributed by atoms with E-state index in [0.717, 1.165) is 18.9 Å². The molecule has 20 heavy (non-hydrogen) atoms. The van der Waals surface area contributed by atoms with Gasteiger partial charge in [-0.05, 0) is 68.4 Å². The van der Waals surface area contributed by atoms with E-state index in [2.05, 4.69) is 31.2 Å². The highest BCUT2D eigenvalue weighted by Gasteiger charge is 2.37. The molecule has 3 atom stereocenters. The fraction of sp³-hybridized carbons (Fsp3) is 0.667. The van der Waals surface area contributed by atoms with Crippen molar-refractivity contribution in [1.29, 1.82) is 0 Å². The van der Waals surface area contributed by atoms with Crippen molar-refractivity contribution in [3.63, 3.8) is 0 Å². The minimum atomic E-state index is 0.193. The molecular formula is C18H27NO. The molecule has 110 valence electrons. The molecule has 1 aromatic rings. The van der Waals surface area contributed by atoms with Crippen LogP contribution in [0.3, 0.4) is 0 Å². The fourth-order valence-electron chi connectivity index (χ4n) is 3.79. The van der Waals surface area contributed by atoms with E-state index in [9.17, 15) is 0 Å². The lowest BCUT2D eigenvalue weighted by molar-refractivity contribution is 0.0248. The van der Waals surface area contributed by atoms with E-state index in [1.54, 1.807) is 5.56 Å². The third-order valence-electron chi connectivity index (χ3n) is 4.92. The zero-order chi connectivity index (χ0) is 13.9. The molecule has 0 amide bonds. The zero-order valence-corrected chi connectivity index (χ0v) is 12.6. The highest BCUT2D eigenvalue weighted by atomic mass is 16.5. The predicted octanol–water partition coefficient (Wildman–Crippen LogP) is 3.64. The third-order valence-corrected chi connectivity index (χ3v) is 4.92. The summed E-state index contributed by atoms with van der Waals surface area (Å²) in [6, 6.07) is 9.11. The van der Waals surface area contributed by atoms with E-state index >= 15 is 0 Å². The molecule has 1 saturated carbocycles. The Morgan fingerprint density at radius 2 is 2.05 bits per heavy atom. The van der Waals surface area contributed by atoms with Gasteiger partial charge in [0.2, 0.25) is 0 Å². The number of hydrogen-bond donors (Lipinski definition) is 1. The van der Waals surface area contributed by atoms with E-state index < -0.39 is 0 Å². The topological polar surface area (TPSA) is 35.2 Å². The molecule has 2 N–H and O–H groups in total. The maximum atomic E-state index is 6.51. The SMILES string of the molecule is CCOC(C(N)CC1CCCc2ccccc21)C1CC1. The Labute approximate surface area is 122 Å². The van der Waals surface area contributed by atoms with Gasteiger partial charge in [0.25, 0.3) is 0 Å². The van der Waals surface area contributed by atoms with Gasteiger partial charge in [0.1, 0.15) is 0 Å². The minimum Gasteiger partial charge on any atom is -0.377 e. The summed E-state index contributed by atoms with van der Waals surface area (Å²) in [6.45, 7) is 2.87. The first kappa shape index (κ1) is 14.1. The number of nitrogens with two attached hydrogens (primary N) is 1. The Hall–Kier alpha value is -0.860. The van der Waals surface area contributed by atoms with Crippen molar-refractivity contribution < 1.29 is 4.74 Å². The molecule has 0 saturated heterocycles. The van der Waals surface area contributed by atoms with Crippen molar-refractivity contribution in [2.24, 2.45) is 11.7 Å². The van der Waals surface area contributed by atoms with Crippen LogP contribution in [0.4, 0.5) is 0 Å². The van der Waals surface area contributed by atoms with Gasteiger partial charge in [-0.25, -0.2) is 0 Å². The second kappa shape index (κ2) is 6.28. The summed E-state index contributed by atoms with van der Waals surface area (Å²) in [5, 5.41) is 0. The standard InChI is InChI=1S/C18H27NO/c1-2-20-18(14-10-11-14)17(19)12-15-8-5-7-13-6-3-4-9-16(13)15/h3-4,6,9,14-15,17-18H,2,5,7-8,10-12,19H2,1H3. The van der Waals surface area contributed by atoms with Gasteiger partial charge in [-0.1, -0.05) is 24.3 Å². The van der Waals surface area contributed by atoms with Crippen LogP contribution in [0.5, 0.6) is 0 Å². The second-order valence-corrected chi connectivity index (χ2v) is 6.44. The largest absolute Gasteiger partial charge is 0.377 e. The zero-order valence-electron chi connectivity index (χ0n) is 12.6. The van der Waals surface area contributed by atoms with Crippen molar-refractivity contribution in [3.8, 4) is 0 Å². The number of aryl methyl sites for hydroxylation is 1. The fourth-order valence-corrected chi connectivity index (χ4v) is 3.79. The maximum absolute atomic E-state index is 6.51. The molecule has 0 aliphatic heterocycles. The molecule has 2 aliphatic rings. The van der Waals surface area contributed by atoms with Crippen molar-refractivity contribution in [1.82, 2.24) is 0 Å². The number of ether oxygens (including phenoxy) is 1. The summed E-state index contributed by atoms with van der Waals surface area (Å²) >= 11 is 0. The van der Waals surface area contributed by atoms with Crippen LogP contribution in [0.1, 0.15) is 56.1 Å². The van der Waals surface area contributed by atoms with Gasteiger partial charge < -0.3 is 10.5 Å². The molecule has 1 fully saturated rings. The van der Waals surface area contributed by atoms with Gasteiger partial charge >= 0.3 is 0 Å². The van der Waals surface area contributed by atoms with Gasteiger partial charge in [0.15, 0.2) is 0 Å². The molecule has 1 aromatic carbocycles. The van der Waals surface area contributed by atoms with E-state index in [0.29, 0.717) is 5.92 Å². The summed E-state index contributed by atoms with van der Waals surface area (Å²) in [5.74, 6) is 1.36. The Kier molecular flexibility index (Phi) is 4.42. The second-order valence-electron chi connectivity index (χ2n) is 6.44. The van der Waals surface area contributed by atoms with Gasteiger partial charge in [-0.3, -0.25) is 0 Å². The lowest BCUT2D eigenvalue weighted by Crippen LogP contribution is -2.40. The first-order valence-corrected chi connectivity index (χ1v) is 8.24. The van der Waals surface area contributed by atoms with Crippen molar-refractivity contribution in [2.45, 2.75) is 63.5 Å². The first-order valence-electron chi connectivity index (χ1n) is 8.24. The Morgan fingerprint density at radius 3 is 2.80 bits per heavy atom. The number of rotatable bonds is 6. The van der Waals surface area contributed by atoms with Gasteiger partial charge in [-0.15, -0.1) is 0 Å². The van der Waals surface area contributed by atoms with Crippen LogP contribution in [-0.4, -0.2) is 18.8 Å². The van der Waals surface area contributed by atoms with Crippen molar-refractivity contribution in [2.75, 3.05) is 6.61 Å². The van der Waals surface area contributed by atoms with E-state index in [4.69, 9.17) is 10.5 Å². The smallest absolute Gasteiger partial charge is 0.0754 e. The highest BCUT2D eigenvalue weighted by Crippen LogP contribution is 2.39. The normalized spacial score (nSPS) is 25.0. The lowest BCUT2D eigenvalue weighted by atomic mass is 9.79. The summed E-state index contributed by atoms with van der Waals surface area (Å²) in [5.41, 5.74) is 9.59. The molecule has 0 radical (unpaired) electrons. The average Bonchev–Trinajstić information content (AvgIpc) is 3.29. The molecule has 2 nitrogen and oxygen atoms in total. The molecule has 3 unspecified atom stereocenters. The van der Waals surface area contributed by atoms with Gasteiger partial charge in [0.05, 0.1) is 6.10 Å². The summed E-state index contributed by atoms with van der Waals surface area (Å²) in [7, 11) is 0. The van der Waals surface area contributed by atoms with Crippen LogP contribution < -0.4 is 5.73 Å². The van der Waals surface area contributed by atoms with Gasteiger partial charge in [-0.2, -0.15) is 0 Å². The Morgan fingerprint density at radius 1 is 1.25 bits per heavy atom. The molecule has 2 aliphatic carbocycles. The van der Waals surface area contributed by atoms with Crippen LogP contribution in [0.2, 0.25) is 0 Å². The van der Waals surface area contributed by atoms with Gasteiger partial charge in [0, 0.05) is 12.6 Å². The molecule has 0 heterocycles. The van der Waals surface area contributed by atoms with Crippen LogP contribution in [0.15, 0.2) is 24.3 Å². The van der Waals surface area contributed by atoms with E-state index in [-0.39, 0.29) is 12.1 Å². The van der Waals surface area contributed by atoms with E-state index in [1.165, 1.54) is 37.7 Å². The Balaban J connectivity index is 1.68. The maximum Gasteiger partial charge on any atom is 0.0754 e. The molecule has 3 rings (SSSR count). The molecule has 0 spiro atoms. The van der Waals surface area contributed by atoms with E-state index in [1.807, 2.05) is 0 Å². The Bertz CT molecular complexity index is 441. The molecular weight excluding hydrogens is 246 g/mol. The first-order chi connectivity index (χ1) is 9.79. The van der Waals surface area contributed by atoms with Crippen LogP contribution >= 0.6 is 0 Å². The number of hydrogen-bond acceptors (Lipinski definition) is 2. The average molecular weight is 273 g/mol. The van der Waals surface area contributed by atoms with Crippen molar-refractivity contribution >= 4 is 0 Å². The minimum absolute atomic E-state index is 0.193. The summed E-state index contributed by atoms with van der Waals surface area (Å²) in [4.78, 5) is 0. The number of benzene rings is 1. The highest BCUT2D eigenvalue weighted by molar-refractivity contribution is 5.32. The van der Waals surface area contributed by atoms with Crippen LogP contribution in [0, 0.1) is 5.92 Å². The lowest BCUT2D eigenvalue weighted by Gasteiger charge is -2.31. The summed E-state index contributed by atoms with van der Waals surface area (Å²) < 4.78 is 5.93. The van der Waals surface area contributed by atoms with Crippen LogP contribution in [0.25, 0.3) is 0 Å². The van der Waals surface area contributed by atoms with Crippen molar-refractivity contribution in [3.05, 3.63) is 35.4 Å². The molecule has 0 bridgehead atoms. The monoisotopic (exact) mass is 273 g/mol. The summed E-state index contributed by atoms with van der Waals surface area (Å²) in [6.07, 6.45) is 7.80. The van der Waals surface area contributed by atoms with Crippen LogP contribution in [-0.2, 0) is 11.2 Å². The molecule has 0 aromatic heterocycles. The molecule has 2 heteroatoms. The third kappa shape index (κ3) is 3.07.